The van der Waals surface area contributed by atoms with E-state index >= 15 is 0 Å². The van der Waals surface area contributed by atoms with Gasteiger partial charge in [-0.15, -0.1) is 0 Å². The normalized spacial score (nSPS) is 28.1. The van der Waals surface area contributed by atoms with Gasteiger partial charge in [0.1, 0.15) is 0 Å². The van der Waals surface area contributed by atoms with Crippen LogP contribution >= 0.6 is 0 Å². The molecule has 1 atom stereocenters. The lowest BCUT2D eigenvalue weighted by molar-refractivity contribution is 0.171. The number of carbonyl (C=O) groups is 1. The van der Waals surface area contributed by atoms with E-state index in [0.29, 0.717) is 12.6 Å². The fraction of sp³-hybridized carbons (Fsp3) is 0.875. The number of piperazine rings is 1. The second kappa shape index (κ2) is 3.51. The van der Waals surface area contributed by atoms with Gasteiger partial charge >= 0.3 is 6.03 Å². The number of urea groups is 1. The Morgan fingerprint density at radius 3 is 3.15 bits per heavy atom. The van der Waals surface area contributed by atoms with Gasteiger partial charge in [0.25, 0.3) is 0 Å². The number of nitrogens with zero attached hydrogens (tertiary/aromatic N) is 2. The molecule has 2 rings (SSSR count). The molecule has 0 aromatic carbocycles. The third kappa shape index (κ3) is 1.49. The highest BCUT2D eigenvalue weighted by molar-refractivity contribution is 5.77. The SMILES string of the molecule is O=C1N(CCO)CC2CNCCN12. The number of hydrogen-bond acceptors (Lipinski definition) is 3. The molecule has 0 spiro atoms. The third-order valence-electron chi connectivity index (χ3n) is 2.67. The predicted octanol–water partition coefficient (Wildman–Crippen LogP) is -1.31. The minimum atomic E-state index is 0.0553. The molecule has 0 radical (unpaired) electrons. The van der Waals surface area contributed by atoms with E-state index in [-0.39, 0.29) is 12.6 Å². The van der Waals surface area contributed by atoms with Crippen LogP contribution in [0, 0.1) is 0 Å². The molecule has 74 valence electrons. The number of fused-ring (bicyclic) bond motifs is 1. The Morgan fingerprint density at radius 2 is 2.46 bits per heavy atom. The molecule has 2 fully saturated rings. The second-order valence-corrected chi connectivity index (χ2v) is 3.50. The van der Waals surface area contributed by atoms with Crippen molar-refractivity contribution < 1.29 is 9.90 Å². The largest absolute Gasteiger partial charge is 0.395 e. The van der Waals surface area contributed by atoms with Crippen molar-refractivity contribution in [3.63, 3.8) is 0 Å². The lowest BCUT2D eigenvalue weighted by atomic mass is 10.2. The van der Waals surface area contributed by atoms with Crippen LogP contribution in [-0.4, -0.2) is 66.3 Å². The summed E-state index contributed by atoms with van der Waals surface area (Å²) < 4.78 is 0. The minimum absolute atomic E-state index is 0.0553. The first-order chi connectivity index (χ1) is 6.33. The number of aliphatic hydroxyl groups excluding tert-OH is 1. The Hall–Kier alpha value is -0.810. The second-order valence-electron chi connectivity index (χ2n) is 3.50. The zero-order valence-corrected chi connectivity index (χ0v) is 7.57. The lowest BCUT2D eigenvalue weighted by Crippen LogP contribution is -2.49. The molecule has 0 aromatic rings. The van der Waals surface area contributed by atoms with Gasteiger partial charge in [-0.3, -0.25) is 0 Å². The molecule has 0 saturated carbocycles. The van der Waals surface area contributed by atoms with Gasteiger partial charge in [-0.1, -0.05) is 0 Å². The van der Waals surface area contributed by atoms with E-state index < -0.39 is 0 Å². The first-order valence-electron chi connectivity index (χ1n) is 4.70. The van der Waals surface area contributed by atoms with Gasteiger partial charge in [0, 0.05) is 32.7 Å². The Kier molecular flexibility index (Phi) is 2.37. The first-order valence-corrected chi connectivity index (χ1v) is 4.70. The van der Waals surface area contributed by atoms with Crippen molar-refractivity contribution in [2.45, 2.75) is 6.04 Å². The van der Waals surface area contributed by atoms with Crippen molar-refractivity contribution in [3.05, 3.63) is 0 Å². The van der Waals surface area contributed by atoms with Crippen molar-refractivity contribution >= 4 is 6.03 Å². The highest BCUT2D eigenvalue weighted by Crippen LogP contribution is 2.16. The van der Waals surface area contributed by atoms with E-state index in [0.717, 1.165) is 26.2 Å². The molecular weight excluding hydrogens is 170 g/mol. The van der Waals surface area contributed by atoms with Crippen LogP contribution in [0.15, 0.2) is 0 Å². The van der Waals surface area contributed by atoms with Crippen molar-refractivity contribution in [2.75, 3.05) is 39.3 Å². The molecule has 5 nitrogen and oxygen atoms in total. The van der Waals surface area contributed by atoms with E-state index in [2.05, 4.69) is 5.32 Å². The molecule has 13 heavy (non-hydrogen) atoms. The van der Waals surface area contributed by atoms with Crippen molar-refractivity contribution in [3.8, 4) is 0 Å². The number of hydrogen-bond donors (Lipinski definition) is 2. The van der Waals surface area contributed by atoms with Gasteiger partial charge in [-0.05, 0) is 0 Å². The Balaban J connectivity index is 2.01. The minimum Gasteiger partial charge on any atom is -0.395 e. The van der Waals surface area contributed by atoms with Crippen LogP contribution in [0.4, 0.5) is 4.79 Å². The number of β-amino-alcohol motifs (C(OH)–C–C–N with tert-alkyl or cyclic N) is 1. The van der Waals surface area contributed by atoms with E-state index in [9.17, 15) is 4.79 Å². The molecule has 2 aliphatic rings. The summed E-state index contributed by atoms with van der Waals surface area (Å²) in [4.78, 5) is 15.3. The standard InChI is InChI=1S/C8H15N3O2/c12-4-3-10-6-7-5-9-1-2-11(7)8(10)13/h7,9,12H,1-6H2. The van der Waals surface area contributed by atoms with E-state index in [4.69, 9.17) is 5.11 Å². The summed E-state index contributed by atoms with van der Waals surface area (Å²) in [5, 5.41) is 12.0. The Morgan fingerprint density at radius 1 is 1.62 bits per heavy atom. The molecule has 0 aromatic heterocycles. The van der Waals surface area contributed by atoms with E-state index in [1.165, 1.54) is 0 Å². The summed E-state index contributed by atoms with van der Waals surface area (Å²) >= 11 is 0. The zero-order chi connectivity index (χ0) is 9.26. The average Bonchev–Trinajstić information content (AvgIpc) is 2.46. The van der Waals surface area contributed by atoms with Crippen molar-refractivity contribution in [1.29, 1.82) is 0 Å². The van der Waals surface area contributed by atoms with Crippen molar-refractivity contribution in [1.82, 2.24) is 15.1 Å². The maximum Gasteiger partial charge on any atom is 0.320 e. The summed E-state index contributed by atoms with van der Waals surface area (Å²) in [7, 11) is 0. The van der Waals surface area contributed by atoms with Crippen LogP contribution in [0.5, 0.6) is 0 Å². The van der Waals surface area contributed by atoms with Gasteiger partial charge in [-0.25, -0.2) is 4.79 Å². The van der Waals surface area contributed by atoms with Crippen LogP contribution in [0.3, 0.4) is 0 Å². The van der Waals surface area contributed by atoms with Gasteiger partial charge in [0.2, 0.25) is 0 Å². The Bertz CT molecular complexity index is 210. The third-order valence-corrected chi connectivity index (χ3v) is 2.67. The highest BCUT2D eigenvalue weighted by Gasteiger charge is 2.37. The van der Waals surface area contributed by atoms with Gasteiger partial charge in [0.15, 0.2) is 0 Å². The van der Waals surface area contributed by atoms with Gasteiger partial charge < -0.3 is 20.2 Å². The topological polar surface area (TPSA) is 55.8 Å². The van der Waals surface area contributed by atoms with Gasteiger partial charge in [-0.2, -0.15) is 0 Å². The number of nitrogens with one attached hydrogen (secondary N) is 1. The monoisotopic (exact) mass is 185 g/mol. The summed E-state index contributed by atoms with van der Waals surface area (Å²) in [6.45, 7) is 3.84. The first kappa shape index (κ1) is 8.77. The highest BCUT2D eigenvalue weighted by atomic mass is 16.3. The maximum atomic E-state index is 11.6. The molecule has 2 saturated heterocycles. The summed E-state index contributed by atoms with van der Waals surface area (Å²) in [5.74, 6) is 0. The van der Waals surface area contributed by atoms with E-state index in [1.54, 1.807) is 4.90 Å². The number of carbonyl (C=O) groups excluding carboxylic acids is 1. The molecule has 5 heteroatoms. The molecule has 2 heterocycles. The molecule has 0 aliphatic carbocycles. The van der Waals surface area contributed by atoms with Crippen molar-refractivity contribution in [2.24, 2.45) is 0 Å². The Labute approximate surface area is 77.3 Å². The average molecular weight is 185 g/mol. The molecular formula is C8H15N3O2. The molecule has 0 bridgehead atoms. The fourth-order valence-electron chi connectivity index (χ4n) is 2.00. The van der Waals surface area contributed by atoms with Gasteiger partial charge in [0.05, 0.1) is 12.6 Å². The maximum absolute atomic E-state index is 11.6. The van der Waals surface area contributed by atoms with Crippen LogP contribution in [0.25, 0.3) is 0 Å². The quantitative estimate of drug-likeness (QED) is 0.561. The fourth-order valence-corrected chi connectivity index (χ4v) is 2.00. The number of rotatable bonds is 2. The molecule has 2 aliphatic heterocycles. The smallest absolute Gasteiger partial charge is 0.320 e. The van der Waals surface area contributed by atoms with Crippen LogP contribution in [-0.2, 0) is 0 Å². The summed E-state index contributed by atoms with van der Waals surface area (Å²) in [6, 6.07) is 0.397. The predicted molar refractivity (Wildman–Crippen MR) is 47.4 cm³/mol. The van der Waals surface area contributed by atoms with Crippen LogP contribution < -0.4 is 5.32 Å². The molecule has 2 amide bonds. The summed E-state index contributed by atoms with van der Waals surface area (Å²) in [5.41, 5.74) is 0. The van der Waals surface area contributed by atoms with E-state index in [1.807, 2.05) is 4.90 Å². The molecule has 2 N–H and O–H groups in total. The van der Waals surface area contributed by atoms with Crippen LogP contribution in [0.2, 0.25) is 0 Å². The number of amides is 2. The number of aliphatic hydroxyl groups is 1. The zero-order valence-electron chi connectivity index (χ0n) is 7.57. The lowest BCUT2D eigenvalue weighted by Gasteiger charge is -2.28. The van der Waals surface area contributed by atoms with Crippen LogP contribution in [0.1, 0.15) is 0 Å². The molecule has 1 unspecified atom stereocenters. The summed E-state index contributed by atoms with van der Waals surface area (Å²) in [6.07, 6.45) is 0.